The number of aliphatic hydroxyl groups excluding tert-OH is 1. The molecule has 1 unspecified atom stereocenters. The third-order valence-corrected chi connectivity index (χ3v) is 4.03. The lowest BCUT2D eigenvalue weighted by Gasteiger charge is -2.38. The number of nitrogens with zero attached hydrogens (tertiary/aromatic N) is 1. The lowest BCUT2D eigenvalue weighted by atomic mass is 9.81. The van der Waals surface area contributed by atoms with Crippen LogP contribution in [0.15, 0.2) is 0 Å². The van der Waals surface area contributed by atoms with Gasteiger partial charge in [0.2, 0.25) is 0 Å². The van der Waals surface area contributed by atoms with E-state index in [0.717, 1.165) is 26.1 Å². The zero-order valence-electron chi connectivity index (χ0n) is 14.2. The van der Waals surface area contributed by atoms with E-state index in [2.05, 4.69) is 51.9 Å². The van der Waals surface area contributed by atoms with E-state index in [0.29, 0.717) is 5.41 Å². The molecule has 0 heterocycles. The van der Waals surface area contributed by atoms with Crippen LogP contribution in [-0.4, -0.2) is 48.3 Å². The fourth-order valence-electron chi connectivity index (χ4n) is 2.29. The normalized spacial score (nSPS) is 15.0. The summed E-state index contributed by atoms with van der Waals surface area (Å²) in [7, 11) is 2.17. The molecule has 0 rings (SSSR count). The molecule has 0 aromatic heterocycles. The zero-order valence-corrected chi connectivity index (χ0v) is 14.2. The van der Waals surface area contributed by atoms with Crippen molar-refractivity contribution in [3.8, 4) is 0 Å². The van der Waals surface area contributed by atoms with Gasteiger partial charge in [0.25, 0.3) is 0 Å². The van der Waals surface area contributed by atoms with Gasteiger partial charge in [-0.1, -0.05) is 13.8 Å². The predicted octanol–water partition coefficient (Wildman–Crippen LogP) is 2.88. The molecule has 1 atom stereocenters. The Morgan fingerprint density at radius 2 is 1.68 bits per heavy atom. The van der Waals surface area contributed by atoms with Crippen LogP contribution in [0.1, 0.15) is 60.8 Å². The summed E-state index contributed by atoms with van der Waals surface area (Å²) in [5, 5.41) is 13.0. The molecule has 0 fully saturated rings. The van der Waals surface area contributed by atoms with E-state index in [1.165, 1.54) is 12.8 Å². The van der Waals surface area contributed by atoms with Gasteiger partial charge < -0.3 is 15.3 Å². The molecule has 0 aliphatic carbocycles. The average molecular weight is 272 g/mol. The highest BCUT2D eigenvalue weighted by atomic mass is 16.3. The number of hydrogen-bond donors (Lipinski definition) is 2. The second-order valence-corrected chi connectivity index (χ2v) is 7.19. The van der Waals surface area contributed by atoms with E-state index in [1.54, 1.807) is 0 Å². The minimum Gasteiger partial charge on any atom is -0.393 e. The van der Waals surface area contributed by atoms with E-state index in [4.69, 9.17) is 0 Å². The molecule has 0 aliphatic heterocycles. The first-order valence-corrected chi connectivity index (χ1v) is 7.76. The minimum atomic E-state index is -0.201. The van der Waals surface area contributed by atoms with Gasteiger partial charge in [0.05, 0.1) is 6.10 Å². The van der Waals surface area contributed by atoms with Gasteiger partial charge in [-0.15, -0.1) is 0 Å². The van der Waals surface area contributed by atoms with Crippen LogP contribution in [0.4, 0.5) is 0 Å². The van der Waals surface area contributed by atoms with Crippen LogP contribution in [0.3, 0.4) is 0 Å². The molecule has 19 heavy (non-hydrogen) atoms. The molecule has 3 heteroatoms. The third-order valence-electron chi connectivity index (χ3n) is 4.03. The molecule has 0 amide bonds. The monoisotopic (exact) mass is 272 g/mol. The van der Waals surface area contributed by atoms with Crippen LogP contribution < -0.4 is 5.32 Å². The molecule has 116 valence electrons. The fraction of sp³-hybridized carbons (Fsp3) is 1.00. The largest absolute Gasteiger partial charge is 0.393 e. The second kappa shape index (κ2) is 8.23. The van der Waals surface area contributed by atoms with Crippen LogP contribution in [0.2, 0.25) is 0 Å². The van der Waals surface area contributed by atoms with E-state index < -0.39 is 0 Å². The number of nitrogens with one attached hydrogen (secondary N) is 1. The number of aliphatic hydroxyl groups is 1. The average Bonchev–Trinajstić information content (AvgIpc) is 2.31. The van der Waals surface area contributed by atoms with Gasteiger partial charge >= 0.3 is 0 Å². The number of rotatable bonds is 9. The van der Waals surface area contributed by atoms with Crippen molar-refractivity contribution in [2.75, 3.05) is 26.7 Å². The van der Waals surface area contributed by atoms with Gasteiger partial charge in [-0.2, -0.15) is 0 Å². The topological polar surface area (TPSA) is 35.5 Å². The summed E-state index contributed by atoms with van der Waals surface area (Å²) < 4.78 is 0. The molecule has 0 aromatic rings. The van der Waals surface area contributed by atoms with Gasteiger partial charge in [-0.25, -0.2) is 0 Å². The molecule has 0 aromatic carbocycles. The molecule has 0 aliphatic rings. The van der Waals surface area contributed by atoms with Crippen LogP contribution in [0, 0.1) is 5.41 Å². The first-order valence-electron chi connectivity index (χ1n) is 7.76. The van der Waals surface area contributed by atoms with Gasteiger partial charge in [-0.3, -0.25) is 0 Å². The standard InChI is InChI=1S/C16H36N2O/c1-8-16(9-2,12-17-15(4,5)6)13-18(7)11-10-14(3)19/h14,17,19H,8-13H2,1-7H3. The Labute approximate surface area is 120 Å². The highest BCUT2D eigenvalue weighted by molar-refractivity contribution is 4.85. The first kappa shape index (κ1) is 18.9. The lowest BCUT2D eigenvalue weighted by Crippen LogP contribution is -2.48. The Bertz CT molecular complexity index is 229. The third kappa shape index (κ3) is 8.61. The Hall–Kier alpha value is -0.120. The summed E-state index contributed by atoms with van der Waals surface area (Å²) in [5.41, 5.74) is 0.508. The highest BCUT2D eigenvalue weighted by Gasteiger charge is 2.29. The molecule has 0 saturated carbocycles. The molecule has 0 spiro atoms. The molecular weight excluding hydrogens is 236 g/mol. The van der Waals surface area contributed by atoms with E-state index in [-0.39, 0.29) is 11.6 Å². The Balaban J connectivity index is 4.44. The summed E-state index contributed by atoms with van der Waals surface area (Å²) >= 11 is 0. The fourth-order valence-corrected chi connectivity index (χ4v) is 2.29. The summed E-state index contributed by atoms with van der Waals surface area (Å²) in [6.45, 7) is 16.2. The minimum absolute atomic E-state index is 0.174. The maximum absolute atomic E-state index is 9.38. The van der Waals surface area contributed by atoms with Gasteiger partial charge in [0.15, 0.2) is 0 Å². The quantitative estimate of drug-likeness (QED) is 0.677. The summed E-state index contributed by atoms with van der Waals surface area (Å²) in [6, 6.07) is 0. The lowest BCUT2D eigenvalue weighted by molar-refractivity contribution is 0.120. The highest BCUT2D eigenvalue weighted by Crippen LogP contribution is 2.27. The van der Waals surface area contributed by atoms with Crippen molar-refractivity contribution < 1.29 is 5.11 Å². The molecule has 0 radical (unpaired) electrons. The smallest absolute Gasteiger partial charge is 0.0524 e. The van der Waals surface area contributed by atoms with Crippen molar-refractivity contribution in [1.29, 1.82) is 0 Å². The molecule has 2 N–H and O–H groups in total. The van der Waals surface area contributed by atoms with Gasteiger partial charge in [0.1, 0.15) is 0 Å². The Morgan fingerprint density at radius 1 is 1.16 bits per heavy atom. The van der Waals surface area contributed by atoms with Crippen LogP contribution in [0.5, 0.6) is 0 Å². The zero-order chi connectivity index (χ0) is 15.1. The Morgan fingerprint density at radius 3 is 2.05 bits per heavy atom. The maximum atomic E-state index is 9.38. The van der Waals surface area contributed by atoms with Crippen LogP contribution in [0.25, 0.3) is 0 Å². The number of hydrogen-bond acceptors (Lipinski definition) is 3. The Kier molecular flexibility index (Phi) is 8.18. The first-order chi connectivity index (χ1) is 8.64. The van der Waals surface area contributed by atoms with E-state index in [1.807, 2.05) is 6.92 Å². The van der Waals surface area contributed by atoms with Crippen molar-refractivity contribution >= 4 is 0 Å². The van der Waals surface area contributed by atoms with Gasteiger partial charge in [0, 0.05) is 25.2 Å². The summed E-state index contributed by atoms with van der Waals surface area (Å²) in [5.74, 6) is 0. The molecule has 3 nitrogen and oxygen atoms in total. The van der Waals surface area contributed by atoms with Crippen molar-refractivity contribution in [3.05, 3.63) is 0 Å². The van der Waals surface area contributed by atoms with Gasteiger partial charge in [-0.05, 0) is 59.4 Å². The SMILES string of the molecule is CCC(CC)(CNC(C)(C)C)CN(C)CCC(C)O. The molecular formula is C16H36N2O. The van der Waals surface area contributed by atoms with Crippen molar-refractivity contribution in [2.45, 2.75) is 72.4 Å². The molecule has 0 saturated heterocycles. The second-order valence-electron chi connectivity index (χ2n) is 7.19. The van der Waals surface area contributed by atoms with Crippen LogP contribution in [-0.2, 0) is 0 Å². The van der Waals surface area contributed by atoms with E-state index >= 15 is 0 Å². The summed E-state index contributed by atoms with van der Waals surface area (Å²) in [6.07, 6.45) is 3.02. The van der Waals surface area contributed by atoms with Crippen molar-refractivity contribution in [1.82, 2.24) is 10.2 Å². The van der Waals surface area contributed by atoms with E-state index in [9.17, 15) is 5.11 Å². The van der Waals surface area contributed by atoms with Crippen LogP contribution >= 0.6 is 0 Å². The maximum Gasteiger partial charge on any atom is 0.0524 e. The summed E-state index contributed by atoms with van der Waals surface area (Å²) in [4.78, 5) is 2.37. The van der Waals surface area contributed by atoms with Crippen molar-refractivity contribution in [3.63, 3.8) is 0 Å². The van der Waals surface area contributed by atoms with Crippen molar-refractivity contribution in [2.24, 2.45) is 5.41 Å². The predicted molar refractivity (Wildman–Crippen MR) is 84.6 cm³/mol. The molecule has 0 bridgehead atoms.